The van der Waals surface area contributed by atoms with Gasteiger partial charge in [-0.2, -0.15) is 0 Å². The smallest absolute Gasteiger partial charge is 0.253 e. The average Bonchev–Trinajstić information content (AvgIpc) is 2.66. The molecule has 2 amide bonds. The van der Waals surface area contributed by atoms with Crippen molar-refractivity contribution >= 4 is 56.8 Å². The van der Waals surface area contributed by atoms with Gasteiger partial charge in [0.1, 0.15) is 5.82 Å². The second kappa shape index (κ2) is 8.91. The topological polar surface area (TPSA) is 65.5 Å². The highest BCUT2D eigenvalue weighted by Crippen LogP contribution is 2.21. The van der Waals surface area contributed by atoms with Crippen LogP contribution in [0, 0.1) is 0 Å². The lowest BCUT2D eigenvalue weighted by Crippen LogP contribution is -2.51. The number of hydrogen-bond donors (Lipinski definition) is 1. The van der Waals surface area contributed by atoms with Crippen LogP contribution in [0.1, 0.15) is 10.4 Å². The second-order valence-corrected chi connectivity index (χ2v) is 7.77. The number of piperazine rings is 1. The first-order valence-electron chi connectivity index (χ1n) is 8.31. The van der Waals surface area contributed by atoms with Gasteiger partial charge in [0.2, 0.25) is 5.91 Å². The molecule has 0 spiro atoms. The molecular formula is C18H17BrCl2N4O2. The largest absolute Gasteiger partial charge is 0.353 e. The molecule has 0 aliphatic carbocycles. The van der Waals surface area contributed by atoms with E-state index in [-0.39, 0.29) is 17.5 Å². The summed E-state index contributed by atoms with van der Waals surface area (Å²) in [5.74, 6) is 0.357. The molecule has 0 unspecified atom stereocenters. The summed E-state index contributed by atoms with van der Waals surface area (Å²) >= 11 is 15.2. The zero-order valence-electron chi connectivity index (χ0n) is 14.3. The van der Waals surface area contributed by atoms with Gasteiger partial charge in [0.25, 0.3) is 5.91 Å². The van der Waals surface area contributed by atoms with Crippen molar-refractivity contribution in [1.29, 1.82) is 0 Å². The standard InChI is InChI=1S/C18H17BrCl2N4O2/c19-12-1-4-16(22-10-12)24-5-7-25(8-6-24)17(26)11-23-18(27)14-3-2-13(20)9-15(14)21/h1-4,9-10H,5-8,11H2,(H,23,27). The van der Waals surface area contributed by atoms with Gasteiger partial charge in [-0.1, -0.05) is 23.2 Å². The number of hydrogen-bond acceptors (Lipinski definition) is 4. The van der Waals surface area contributed by atoms with Crippen molar-refractivity contribution in [3.8, 4) is 0 Å². The maximum Gasteiger partial charge on any atom is 0.253 e. The van der Waals surface area contributed by atoms with Crippen molar-refractivity contribution in [1.82, 2.24) is 15.2 Å². The second-order valence-electron chi connectivity index (χ2n) is 6.01. The Bertz CT molecular complexity index is 840. The molecule has 2 aromatic rings. The van der Waals surface area contributed by atoms with Crippen LogP contribution in [0.15, 0.2) is 41.0 Å². The Kier molecular flexibility index (Phi) is 6.57. The Morgan fingerprint density at radius 1 is 1.11 bits per heavy atom. The number of halogens is 3. The van der Waals surface area contributed by atoms with E-state index in [0.29, 0.717) is 36.8 Å². The third-order valence-electron chi connectivity index (χ3n) is 4.24. The molecule has 0 atom stereocenters. The van der Waals surface area contributed by atoms with Gasteiger partial charge in [0, 0.05) is 41.9 Å². The molecule has 1 aliphatic rings. The molecule has 0 bridgehead atoms. The van der Waals surface area contributed by atoms with Crippen molar-refractivity contribution in [2.75, 3.05) is 37.6 Å². The third kappa shape index (κ3) is 5.12. The van der Waals surface area contributed by atoms with Crippen molar-refractivity contribution < 1.29 is 9.59 Å². The van der Waals surface area contributed by atoms with E-state index in [1.54, 1.807) is 17.2 Å². The van der Waals surface area contributed by atoms with E-state index in [1.165, 1.54) is 12.1 Å². The molecule has 1 saturated heterocycles. The molecule has 1 aliphatic heterocycles. The Labute approximate surface area is 175 Å². The van der Waals surface area contributed by atoms with E-state index in [0.717, 1.165) is 10.3 Å². The van der Waals surface area contributed by atoms with E-state index in [9.17, 15) is 9.59 Å². The molecule has 3 rings (SSSR count). The van der Waals surface area contributed by atoms with Crippen LogP contribution in [0.4, 0.5) is 5.82 Å². The summed E-state index contributed by atoms with van der Waals surface area (Å²) in [5.41, 5.74) is 0.292. The molecule has 0 saturated carbocycles. The summed E-state index contributed by atoms with van der Waals surface area (Å²) in [6.07, 6.45) is 1.75. The van der Waals surface area contributed by atoms with Crippen LogP contribution in [0.3, 0.4) is 0 Å². The summed E-state index contributed by atoms with van der Waals surface area (Å²) in [6, 6.07) is 8.50. The zero-order valence-corrected chi connectivity index (χ0v) is 17.4. The molecule has 9 heteroatoms. The van der Waals surface area contributed by atoms with Gasteiger partial charge in [-0.05, 0) is 46.3 Å². The van der Waals surface area contributed by atoms with Gasteiger partial charge in [0.15, 0.2) is 0 Å². The third-order valence-corrected chi connectivity index (χ3v) is 5.26. The van der Waals surface area contributed by atoms with Crippen LogP contribution in [0.25, 0.3) is 0 Å². The Morgan fingerprint density at radius 3 is 2.48 bits per heavy atom. The minimum absolute atomic E-state index is 0.0751. The summed E-state index contributed by atoms with van der Waals surface area (Å²) in [4.78, 5) is 32.8. The number of carbonyl (C=O) groups is 2. The number of carbonyl (C=O) groups excluding carboxylic acids is 2. The van der Waals surface area contributed by atoms with Crippen LogP contribution in [-0.2, 0) is 4.79 Å². The lowest BCUT2D eigenvalue weighted by atomic mass is 10.2. The van der Waals surface area contributed by atoms with Gasteiger partial charge in [-0.3, -0.25) is 9.59 Å². The number of aromatic nitrogens is 1. The van der Waals surface area contributed by atoms with E-state index in [1.807, 2.05) is 12.1 Å². The van der Waals surface area contributed by atoms with Crippen LogP contribution in [-0.4, -0.2) is 54.4 Å². The summed E-state index contributed by atoms with van der Waals surface area (Å²) in [5, 5.41) is 3.32. The van der Waals surface area contributed by atoms with Crippen molar-refractivity contribution in [3.05, 3.63) is 56.6 Å². The molecule has 1 aromatic carbocycles. The van der Waals surface area contributed by atoms with Crippen molar-refractivity contribution in [2.45, 2.75) is 0 Å². The Balaban J connectivity index is 1.49. The fraction of sp³-hybridized carbons (Fsp3) is 0.278. The number of pyridine rings is 1. The molecule has 2 heterocycles. The first-order valence-corrected chi connectivity index (χ1v) is 9.86. The van der Waals surface area contributed by atoms with Gasteiger partial charge < -0.3 is 15.1 Å². The zero-order chi connectivity index (χ0) is 19.4. The number of nitrogens with one attached hydrogen (secondary N) is 1. The number of amides is 2. The monoisotopic (exact) mass is 470 g/mol. The van der Waals surface area contributed by atoms with E-state index >= 15 is 0 Å². The fourth-order valence-electron chi connectivity index (χ4n) is 2.78. The fourth-order valence-corrected chi connectivity index (χ4v) is 3.51. The van der Waals surface area contributed by atoms with Crippen LogP contribution < -0.4 is 10.2 Å². The lowest BCUT2D eigenvalue weighted by Gasteiger charge is -2.35. The maximum atomic E-state index is 12.4. The molecule has 1 aromatic heterocycles. The van der Waals surface area contributed by atoms with Gasteiger partial charge in [-0.25, -0.2) is 4.98 Å². The van der Waals surface area contributed by atoms with Gasteiger partial charge in [-0.15, -0.1) is 0 Å². The van der Waals surface area contributed by atoms with Gasteiger partial charge >= 0.3 is 0 Å². The Hall–Kier alpha value is -1.83. The normalized spacial score (nSPS) is 14.2. The van der Waals surface area contributed by atoms with E-state index in [4.69, 9.17) is 23.2 Å². The highest BCUT2D eigenvalue weighted by molar-refractivity contribution is 9.10. The number of rotatable bonds is 4. The van der Waals surface area contributed by atoms with Crippen LogP contribution in [0.2, 0.25) is 10.0 Å². The first-order chi connectivity index (χ1) is 12.9. The number of benzene rings is 1. The summed E-state index contributed by atoms with van der Waals surface area (Å²) in [7, 11) is 0. The van der Waals surface area contributed by atoms with Gasteiger partial charge in [0.05, 0.1) is 17.1 Å². The minimum atomic E-state index is -0.400. The molecule has 27 heavy (non-hydrogen) atoms. The predicted molar refractivity (Wildman–Crippen MR) is 110 cm³/mol. The van der Waals surface area contributed by atoms with Crippen LogP contribution >= 0.6 is 39.1 Å². The molecular weight excluding hydrogens is 455 g/mol. The average molecular weight is 472 g/mol. The predicted octanol–water partition coefficient (Wildman–Crippen LogP) is 3.23. The highest BCUT2D eigenvalue weighted by Gasteiger charge is 2.22. The van der Waals surface area contributed by atoms with Crippen molar-refractivity contribution in [2.24, 2.45) is 0 Å². The quantitative estimate of drug-likeness (QED) is 0.743. The SMILES string of the molecule is O=C(NCC(=O)N1CCN(c2ccc(Br)cn2)CC1)c1ccc(Cl)cc1Cl. The van der Waals surface area contributed by atoms with Crippen LogP contribution in [0.5, 0.6) is 0 Å². The number of anilines is 1. The van der Waals surface area contributed by atoms with Crippen molar-refractivity contribution in [3.63, 3.8) is 0 Å². The van der Waals surface area contributed by atoms with E-state index in [2.05, 4.69) is 31.1 Å². The molecule has 142 valence electrons. The first kappa shape index (κ1) is 19.9. The Morgan fingerprint density at radius 2 is 1.85 bits per heavy atom. The summed E-state index contributed by atoms with van der Waals surface area (Å²) in [6.45, 7) is 2.46. The maximum absolute atomic E-state index is 12.4. The molecule has 1 fully saturated rings. The highest BCUT2D eigenvalue weighted by atomic mass is 79.9. The molecule has 0 radical (unpaired) electrons. The minimum Gasteiger partial charge on any atom is -0.353 e. The summed E-state index contributed by atoms with van der Waals surface area (Å²) < 4.78 is 0.927. The lowest BCUT2D eigenvalue weighted by molar-refractivity contribution is -0.130. The van der Waals surface area contributed by atoms with E-state index < -0.39 is 5.91 Å². The molecule has 6 nitrogen and oxygen atoms in total. The number of nitrogens with zero attached hydrogens (tertiary/aromatic N) is 3. The molecule has 1 N–H and O–H groups in total.